The molecule has 1 aliphatic rings. The summed E-state index contributed by atoms with van der Waals surface area (Å²) in [5, 5.41) is 17.4. The minimum Gasteiger partial charge on any atom is -0.496 e. The number of carbonyl (C=O) groups excluding carboxylic acids is 1. The van der Waals surface area contributed by atoms with Crippen LogP contribution in [0.15, 0.2) is 24.4 Å². The van der Waals surface area contributed by atoms with Crippen molar-refractivity contribution in [2.75, 3.05) is 25.5 Å². The van der Waals surface area contributed by atoms with E-state index in [1.165, 1.54) is 36.6 Å². The van der Waals surface area contributed by atoms with Gasteiger partial charge in [-0.05, 0) is 37.9 Å². The summed E-state index contributed by atoms with van der Waals surface area (Å²) in [4.78, 5) is 28.3. The highest BCUT2D eigenvalue weighted by Crippen LogP contribution is 2.32. The van der Waals surface area contributed by atoms with Crippen LogP contribution in [0.3, 0.4) is 0 Å². The minimum absolute atomic E-state index is 0.107. The zero-order valence-electron chi connectivity index (χ0n) is 13.7. The number of amides is 1. The van der Waals surface area contributed by atoms with Gasteiger partial charge in [0.15, 0.2) is 5.13 Å². The third-order valence-electron chi connectivity index (χ3n) is 4.12. The molecule has 0 unspecified atom stereocenters. The Balaban J connectivity index is 1.77. The summed E-state index contributed by atoms with van der Waals surface area (Å²) in [6.07, 6.45) is 3.89. The van der Waals surface area contributed by atoms with Gasteiger partial charge in [0.05, 0.1) is 17.6 Å². The van der Waals surface area contributed by atoms with Gasteiger partial charge in [0.2, 0.25) is 0 Å². The number of nitro benzene ring substituents is 1. The molecule has 1 aromatic heterocycles. The smallest absolute Gasteiger partial charge is 0.270 e. The molecule has 2 aromatic rings. The Bertz CT molecular complexity index is 786. The van der Waals surface area contributed by atoms with Crippen molar-refractivity contribution in [3.63, 3.8) is 0 Å². The number of methoxy groups -OCH3 is 1. The predicted octanol–water partition coefficient (Wildman–Crippen LogP) is 2.78. The Kier molecular flexibility index (Phi) is 5.25. The molecule has 0 saturated carbocycles. The van der Waals surface area contributed by atoms with E-state index in [-0.39, 0.29) is 17.0 Å². The number of ether oxygens (including phenoxy) is 1. The van der Waals surface area contributed by atoms with Crippen molar-refractivity contribution in [3.8, 4) is 5.75 Å². The molecular weight excluding hydrogens is 344 g/mol. The highest BCUT2D eigenvalue weighted by atomic mass is 32.1. The van der Waals surface area contributed by atoms with Crippen LogP contribution in [0.25, 0.3) is 0 Å². The van der Waals surface area contributed by atoms with Crippen molar-refractivity contribution < 1.29 is 14.5 Å². The fourth-order valence-electron chi connectivity index (χ4n) is 2.79. The molecule has 1 fully saturated rings. The van der Waals surface area contributed by atoms with Gasteiger partial charge in [-0.1, -0.05) is 0 Å². The monoisotopic (exact) mass is 362 g/mol. The Hall–Kier alpha value is -2.52. The van der Waals surface area contributed by atoms with Gasteiger partial charge in [0.1, 0.15) is 5.75 Å². The molecule has 9 heteroatoms. The number of hydrogen-bond acceptors (Lipinski definition) is 7. The molecule has 0 bridgehead atoms. The number of nitro groups is 1. The van der Waals surface area contributed by atoms with Gasteiger partial charge in [0, 0.05) is 23.2 Å². The summed E-state index contributed by atoms with van der Waals surface area (Å²) in [7, 11) is 1.41. The van der Waals surface area contributed by atoms with Crippen LogP contribution >= 0.6 is 11.3 Å². The van der Waals surface area contributed by atoms with Crippen LogP contribution in [-0.4, -0.2) is 36.0 Å². The second-order valence-electron chi connectivity index (χ2n) is 5.69. The summed E-state index contributed by atoms with van der Waals surface area (Å²) in [6.45, 7) is 1.96. The van der Waals surface area contributed by atoms with Gasteiger partial charge >= 0.3 is 0 Å². The molecule has 3 rings (SSSR count). The van der Waals surface area contributed by atoms with Gasteiger partial charge < -0.3 is 10.1 Å². The van der Waals surface area contributed by atoms with Crippen molar-refractivity contribution in [3.05, 3.63) is 45.0 Å². The van der Waals surface area contributed by atoms with Crippen LogP contribution in [0.2, 0.25) is 0 Å². The molecule has 0 atom stereocenters. The van der Waals surface area contributed by atoms with Crippen LogP contribution in [0.5, 0.6) is 5.75 Å². The first-order chi connectivity index (χ1) is 12.1. The molecule has 8 nitrogen and oxygen atoms in total. The first-order valence-corrected chi connectivity index (χ1v) is 8.70. The number of thiazole rings is 1. The number of carbonyl (C=O) groups is 1. The van der Waals surface area contributed by atoms with Crippen LogP contribution in [0, 0.1) is 10.1 Å². The SMILES string of the molecule is COc1ccc([N+](=O)[O-])cc1C(=O)Nc1ncc(C2CCNCC2)s1. The first-order valence-electron chi connectivity index (χ1n) is 7.88. The molecule has 25 heavy (non-hydrogen) atoms. The van der Waals surface area contributed by atoms with Crippen molar-refractivity contribution in [1.29, 1.82) is 0 Å². The van der Waals surface area contributed by atoms with E-state index in [0.717, 1.165) is 30.8 Å². The molecule has 1 aliphatic heterocycles. The molecule has 0 spiro atoms. The Morgan fingerprint density at radius 3 is 2.88 bits per heavy atom. The number of anilines is 1. The van der Waals surface area contributed by atoms with Crippen molar-refractivity contribution in [2.45, 2.75) is 18.8 Å². The number of aromatic nitrogens is 1. The largest absolute Gasteiger partial charge is 0.496 e. The summed E-state index contributed by atoms with van der Waals surface area (Å²) in [5.41, 5.74) is -0.0594. The van der Waals surface area contributed by atoms with Gasteiger partial charge in [0.25, 0.3) is 11.6 Å². The van der Waals surface area contributed by atoms with Crippen molar-refractivity contribution in [1.82, 2.24) is 10.3 Å². The highest BCUT2D eigenvalue weighted by Gasteiger charge is 2.21. The van der Waals surface area contributed by atoms with Gasteiger partial charge in [-0.3, -0.25) is 20.2 Å². The molecule has 2 N–H and O–H groups in total. The van der Waals surface area contributed by atoms with E-state index < -0.39 is 10.8 Å². The van der Waals surface area contributed by atoms with Gasteiger partial charge in [-0.15, -0.1) is 11.3 Å². The summed E-state index contributed by atoms with van der Waals surface area (Å²) in [6, 6.07) is 3.92. The molecular formula is C16H18N4O4S. The third kappa shape index (κ3) is 3.94. The van der Waals surface area contributed by atoms with Crippen molar-refractivity contribution >= 4 is 28.1 Å². The number of non-ortho nitro benzene ring substituents is 1. The maximum atomic E-state index is 12.5. The van der Waals surface area contributed by atoms with Crippen LogP contribution in [0.4, 0.5) is 10.8 Å². The quantitative estimate of drug-likeness (QED) is 0.626. The minimum atomic E-state index is -0.547. The average molecular weight is 362 g/mol. The standard InChI is InChI=1S/C16H18N4O4S/c1-24-13-3-2-11(20(22)23)8-12(13)15(21)19-16-18-9-14(25-16)10-4-6-17-7-5-10/h2-3,8-10,17H,4-7H2,1H3,(H,18,19,21). The van der Waals surface area contributed by atoms with E-state index in [1.807, 2.05) is 0 Å². The number of hydrogen-bond donors (Lipinski definition) is 2. The van der Waals surface area contributed by atoms with Crippen LogP contribution in [0.1, 0.15) is 34.0 Å². The lowest BCUT2D eigenvalue weighted by atomic mass is 9.97. The number of benzene rings is 1. The molecule has 1 aromatic carbocycles. The summed E-state index contributed by atoms with van der Waals surface area (Å²) >= 11 is 1.44. The Morgan fingerprint density at radius 1 is 1.44 bits per heavy atom. The van der Waals surface area contributed by atoms with Gasteiger partial charge in [-0.2, -0.15) is 0 Å². The molecule has 0 aliphatic carbocycles. The lowest BCUT2D eigenvalue weighted by Crippen LogP contribution is -2.26. The fourth-order valence-corrected chi connectivity index (χ4v) is 3.77. The van der Waals surface area contributed by atoms with E-state index in [0.29, 0.717) is 11.0 Å². The summed E-state index contributed by atoms with van der Waals surface area (Å²) < 4.78 is 5.13. The highest BCUT2D eigenvalue weighted by molar-refractivity contribution is 7.15. The fraction of sp³-hybridized carbons (Fsp3) is 0.375. The zero-order valence-corrected chi connectivity index (χ0v) is 14.5. The lowest BCUT2D eigenvalue weighted by Gasteiger charge is -2.20. The topological polar surface area (TPSA) is 106 Å². The van der Waals surface area contributed by atoms with E-state index in [9.17, 15) is 14.9 Å². The second-order valence-corrected chi connectivity index (χ2v) is 6.75. The number of nitrogens with zero attached hydrogens (tertiary/aromatic N) is 2. The maximum absolute atomic E-state index is 12.5. The van der Waals surface area contributed by atoms with E-state index in [1.54, 1.807) is 6.20 Å². The molecule has 1 saturated heterocycles. The van der Waals surface area contributed by atoms with Crippen molar-refractivity contribution in [2.24, 2.45) is 0 Å². The number of nitrogens with one attached hydrogen (secondary N) is 2. The number of piperidine rings is 1. The lowest BCUT2D eigenvalue weighted by molar-refractivity contribution is -0.384. The molecule has 0 radical (unpaired) electrons. The molecule has 132 valence electrons. The maximum Gasteiger partial charge on any atom is 0.270 e. The van der Waals surface area contributed by atoms with E-state index in [2.05, 4.69) is 15.6 Å². The third-order valence-corrected chi connectivity index (χ3v) is 5.20. The molecule has 1 amide bonds. The predicted molar refractivity (Wildman–Crippen MR) is 94.6 cm³/mol. The van der Waals surface area contributed by atoms with Gasteiger partial charge in [-0.25, -0.2) is 4.98 Å². The first kappa shape index (κ1) is 17.3. The molecule has 2 heterocycles. The number of rotatable bonds is 5. The normalized spacial score (nSPS) is 14.9. The zero-order chi connectivity index (χ0) is 17.8. The van der Waals surface area contributed by atoms with Crippen LogP contribution in [-0.2, 0) is 0 Å². The summed E-state index contributed by atoms with van der Waals surface area (Å²) in [5.74, 6) is 0.252. The van der Waals surface area contributed by atoms with Crippen LogP contribution < -0.4 is 15.4 Å². The average Bonchev–Trinajstić information content (AvgIpc) is 3.10. The van der Waals surface area contributed by atoms with E-state index >= 15 is 0 Å². The Labute approximate surface area is 148 Å². The van der Waals surface area contributed by atoms with E-state index in [4.69, 9.17) is 4.74 Å². The second kappa shape index (κ2) is 7.58. The Morgan fingerprint density at radius 2 is 2.20 bits per heavy atom.